The monoisotopic (exact) mass is 441 g/mol. The van der Waals surface area contributed by atoms with E-state index in [0.29, 0.717) is 44.9 Å². The number of carbonyl (C=O) groups excluding carboxylic acids is 2. The van der Waals surface area contributed by atoms with Gasteiger partial charge in [-0.15, -0.1) is 0 Å². The van der Waals surface area contributed by atoms with Gasteiger partial charge in [-0.3, -0.25) is 9.59 Å². The molecule has 32 heavy (non-hydrogen) atoms. The molecule has 5 aliphatic rings. The number of amides is 2. The SMILES string of the molecule is N#CC1CC2CCC(C3CCC(C(=O)N4CCN(C(=O)C5(O)CCC5)CC4)CC3)CC2C1. The molecule has 176 valence electrons. The van der Waals surface area contributed by atoms with Crippen molar-refractivity contribution < 1.29 is 14.7 Å². The highest BCUT2D eigenvalue weighted by molar-refractivity contribution is 5.86. The predicted octanol–water partition coefficient (Wildman–Crippen LogP) is 3.34. The zero-order chi connectivity index (χ0) is 22.3. The second-order valence-electron chi connectivity index (χ2n) is 11.5. The van der Waals surface area contributed by atoms with Gasteiger partial charge in [0.25, 0.3) is 5.91 Å². The average molecular weight is 442 g/mol. The van der Waals surface area contributed by atoms with Crippen molar-refractivity contribution in [2.45, 2.75) is 82.7 Å². The van der Waals surface area contributed by atoms with Crippen LogP contribution in [0.4, 0.5) is 0 Å². The van der Waals surface area contributed by atoms with Crippen LogP contribution in [0, 0.1) is 46.8 Å². The fourth-order valence-electron chi connectivity index (χ4n) is 7.57. The fraction of sp³-hybridized carbons (Fsp3) is 0.885. The summed E-state index contributed by atoms with van der Waals surface area (Å²) in [6.45, 7) is 2.31. The molecular formula is C26H39N3O3. The number of carbonyl (C=O) groups is 2. The lowest BCUT2D eigenvalue weighted by molar-refractivity contribution is -0.163. The third kappa shape index (κ3) is 4.18. The van der Waals surface area contributed by atoms with E-state index in [4.69, 9.17) is 0 Å². The van der Waals surface area contributed by atoms with E-state index < -0.39 is 5.60 Å². The van der Waals surface area contributed by atoms with Crippen molar-refractivity contribution in [3.05, 3.63) is 0 Å². The van der Waals surface area contributed by atoms with Crippen LogP contribution in [0.25, 0.3) is 0 Å². The Balaban J connectivity index is 1.06. The van der Waals surface area contributed by atoms with Gasteiger partial charge in [0, 0.05) is 38.0 Å². The third-order valence-corrected chi connectivity index (χ3v) is 9.78. The van der Waals surface area contributed by atoms with Crippen molar-refractivity contribution >= 4 is 11.8 Å². The summed E-state index contributed by atoms with van der Waals surface area (Å²) in [5, 5.41) is 19.6. The zero-order valence-electron chi connectivity index (χ0n) is 19.4. The van der Waals surface area contributed by atoms with Crippen LogP contribution in [-0.2, 0) is 9.59 Å². The molecule has 5 rings (SSSR count). The van der Waals surface area contributed by atoms with E-state index >= 15 is 0 Å². The van der Waals surface area contributed by atoms with E-state index in [2.05, 4.69) is 6.07 Å². The first kappa shape index (κ1) is 22.2. The molecule has 1 N–H and O–H groups in total. The van der Waals surface area contributed by atoms with Crippen LogP contribution in [0.5, 0.6) is 0 Å². The smallest absolute Gasteiger partial charge is 0.254 e. The molecule has 4 unspecified atom stereocenters. The van der Waals surface area contributed by atoms with Gasteiger partial charge in [0.15, 0.2) is 0 Å². The Morgan fingerprint density at radius 2 is 1.34 bits per heavy atom. The van der Waals surface area contributed by atoms with E-state index in [9.17, 15) is 20.0 Å². The number of nitriles is 1. The normalized spacial score (nSPS) is 39.0. The topological polar surface area (TPSA) is 84.6 Å². The van der Waals surface area contributed by atoms with Crippen LogP contribution < -0.4 is 0 Å². The van der Waals surface area contributed by atoms with Crippen molar-refractivity contribution in [1.82, 2.24) is 9.80 Å². The Morgan fingerprint density at radius 1 is 0.781 bits per heavy atom. The van der Waals surface area contributed by atoms with Gasteiger partial charge in [-0.1, -0.05) is 0 Å². The molecule has 0 aromatic rings. The lowest BCUT2D eigenvalue weighted by Gasteiger charge is -2.43. The van der Waals surface area contributed by atoms with Crippen LogP contribution in [0.2, 0.25) is 0 Å². The van der Waals surface area contributed by atoms with Gasteiger partial charge in [-0.25, -0.2) is 0 Å². The average Bonchev–Trinajstić information content (AvgIpc) is 3.24. The number of hydrogen-bond acceptors (Lipinski definition) is 4. The molecule has 2 amide bonds. The first-order valence-corrected chi connectivity index (χ1v) is 13.2. The third-order valence-electron chi connectivity index (χ3n) is 9.78. The highest BCUT2D eigenvalue weighted by atomic mass is 16.3. The van der Waals surface area contributed by atoms with E-state index in [1.54, 1.807) is 4.90 Å². The van der Waals surface area contributed by atoms with Crippen LogP contribution in [0.1, 0.15) is 77.0 Å². The minimum atomic E-state index is -1.13. The standard InChI is InChI=1S/C26H39N3O3/c27-17-18-14-21-6-7-22(16-23(21)15-18)19-2-4-20(5-3-19)24(30)28-10-12-29(13-11-28)25(31)26(32)8-1-9-26/h18-23,32H,1-16H2. The number of rotatable bonds is 3. The number of hydrogen-bond donors (Lipinski definition) is 1. The van der Waals surface area contributed by atoms with Gasteiger partial charge in [0.2, 0.25) is 5.91 Å². The van der Waals surface area contributed by atoms with Crippen LogP contribution in [0.15, 0.2) is 0 Å². The largest absolute Gasteiger partial charge is 0.380 e. The quantitative estimate of drug-likeness (QED) is 0.728. The molecule has 4 aliphatic carbocycles. The molecule has 5 fully saturated rings. The first-order chi connectivity index (χ1) is 15.5. The van der Waals surface area contributed by atoms with E-state index in [1.165, 1.54) is 32.1 Å². The molecule has 0 radical (unpaired) electrons. The molecule has 4 saturated carbocycles. The Kier molecular flexibility index (Phi) is 6.22. The Labute approximate surface area is 192 Å². The molecule has 1 heterocycles. The Morgan fingerprint density at radius 3 is 1.94 bits per heavy atom. The molecule has 0 spiro atoms. The summed E-state index contributed by atoms with van der Waals surface area (Å²) < 4.78 is 0. The summed E-state index contributed by atoms with van der Waals surface area (Å²) in [6.07, 6.45) is 12.6. The van der Waals surface area contributed by atoms with Gasteiger partial charge in [0.05, 0.1) is 6.07 Å². The van der Waals surface area contributed by atoms with E-state index in [1.807, 2.05) is 4.90 Å². The first-order valence-electron chi connectivity index (χ1n) is 13.2. The fourth-order valence-corrected chi connectivity index (χ4v) is 7.57. The molecule has 1 aliphatic heterocycles. The number of nitrogens with zero attached hydrogens (tertiary/aromatic N) is 3. The summed E-state index contributed by atoms with van der Waals surface area (Å²) in [4.78, 5) is 29.4. The summed E-state index contributed by atoms with van der Waals surface area (Å²) in [6, 6.07) is 2.51. The molecule has 6 heteroatoms. The van der Waals surface area contributed by atoms with Gasteiger partial charge in [0.1, 0.15) is 5.60 Å². The summed E-state index contributed by atoms with van der Waals surface area (Å²) in [5.41, 5.74) is -1.13. The summed E-state index contributed by atoms with van der Waals surface area (Å²) >= 11 is 0. The lowest BCUT2D eigenvalue weighted by atomic mass is 9.66. The van der Waals surface area contributed by atoms with Crippen molar-refractivity contribution in [1.29, 1.82) is 5.26 Å². The van der Waals surface area contributed by atoms with E-state index in [-0.39, 0.29) is 17.7 Å². The maximum Gasteiger partial charge on any atom is 0.254 e. The van der Waals surface area contributed by atoms with Crippen LogP contribution in [-0.4, -0.2) is 58.5 Å². The maximum absolute atomic E-state index is 13.1. The Hall–Kier alpha value is -1.61. The van der Waals surface area contributed by atoms with Gasteiger partial charge >= 0.3 is 0 Å². The molecule has 1 saturated heterocycles. The van der Waals surface area contributed by atoms with Crippen LogP contribution >= 0.6 is 0 Å². The maximum atomic E-state index is 13.1. The van der Waals surface area contributed by atoms with Crippen molar-refractivity contribution in [2.75, 3.05) is 26.2 Å². The number of aliphatic hydroxyl groups is 1. The molecule has 0 aromatic heterocycles. The van der Waals surface area contributed by atoms with Crippen molar-refractivity contribution in [3.8, 4) is 6.07 Å². The van der Waals surface area contributed by atoms with Crippen molar-refractivity contribution in [2.24, 2.45) is 35.5 Å². The van der Waals surface area contributed by atoms with Gasteiger partial charge < -0.3 is 14.9 Å². The molecule has 0 bridgehead atoms. The van der Waals surface area contributed by atoms with Crippen LogP contribution in [0.3, 0.4) is 0 Å². The van der Waals surface area contributed by atoms with Gasteiger partial charge in [-0.2, -0.15) is 5.26 Å². The second kappa shape index (κ2) is 8.97. The Bertz CT molecular complexity index is 757. The number of piperazine rings is 1. The zero-order valence-corrected chi connectivity index (χ0v) is 19.4. The predicted molar refractivity (Wildman–Crippen MR) is 120 cm³/mol. The highest BCUT2D eigenvalue weighted by Gasteiger charge is 2.46. The minimum absolute atomic E-state index is 0.130. The van der Waals surface area contributed by atoms with E-state index in [0.717, 1.165) is 55.8 Å². The second-order valence-corrected chi connectivity index (χ2v) is 11.5. The lowest BCUT2D eigenvalue weighted by Crippen LogP contribution is -2.59. The molecule has 6 nitrogen and oxygen atoms in total. The summed E-state index contributed by atoms with van der Waals surface area (Å²) in [5.74, 6) is 3.73. The molecule has 0 aromatic carbocycles. The van der Waals surface area contributed by atoms with Gasteiger partial charge in [-0.05, 0) is 101 Å². The molecule has 4 atom stereocenters. The van der Waals surface area contributed by atoms with Crippen molar-refractivity contribution in [3.63, 3.8) is 0 Å². The summed E-state index contributed by atoms with van der Waals surface area (Å²) in [7, 11) is 0. The molecular weight excluding hydrogens is 402 g/mol. The highest BCUT2D eigenvalue weighted by Crippen LogP contribution is 2.50. The number of fused-ring (bicyclic) bond motifs is 1. The minimum Gasteiger partial charge on any atom is -0.380 e.